The molecule has 0 spiro atoms. The van der Waals surface area contributed by atoms with Crippen molar-refractivity contribution in [2.45, 2.75) is 44.9 Å². The van der Waals surface area contributed by atoms with E-state index in [4.69, 9.17) is 0 Å². The van der Waals surface area contributed by atoms with Gasteiger partial charge in [0.2, 0.25) is 0 Å². The number of benzene rings is 1. The molecule has 1 unspecified atom stereocenters. The van der Waals surface area contributed by atoms with Gasteiger partial charge in [-0.3, -0.25) is 4.79 Å². The Bertz CT molecular complexity index is 392. The lowest BCUT2D eigenvalue weighted by Gasteiger charge is -2.15. The monoisotopic (exact) mass is 325 g/mol. The lowest BCUT2D eigenvalue weighted by molar-refractivity contribution is 0.0945. The first-order chi connectivity index (χ1) is 9.21. The fraction of sp³-hybridized carbons (Fsp3) is 0.562. The summed E-state index contributed by atoms with van der Waals surface area (Å²) in [7, 11) is 0. The van der Waals surface area contributed by atoms with Crippen LogP contribution in [0, 0.1) is 5.92 Å². The van der Waals surface area contributed by atoms with Crippen LogP contribution >= 0.6 is 15.9 Å². The maximum absolute atomic E-state index is 12.1. The first-order valence-corrected chi connectivity index (χ1v) is 8.26. The third kappa shape index (κ3) is 5.77. The van der Waals surface area contributed by atoms with E-state index in [1.165, 1.54) is 19.3 Å². The maximum atomic E-state index is 12.1. The summed E-state index contributed by atoms with van der Waals surface area (Å²) in [6.45, 7) is 5.18. The number of unbranched alkanes of at least 4 members (excludes halogenated alkanes) is 1. The van der Waals surface area contributed by atoms with Crippen LogP contribution in [-0.2, 0) is 5.33 Å². The van der Waals surface area contributed by atoms with Crippen molar-refractivity contribution in [3.63, 3.8) is 0 Å². The van der Waals surface area contributed by atoms with Crippen LogP contribution in [0.15, 0.2) is 24.3 Å². The molecule has 0 aliphatic heterocycles. The zero-order chi connectivity index (χ0) is 14.1. The van der Waals surface area contributed by atoms with Crippen LogP contribution in [-0.4, -0.2) is 12.5 Å². The van der Waals surface area contributed by atoms with Crippen molar-refractivity contribution in [2.75, 3.05) is 6.54 Å². The second-order valence-corrected chi connectivity index (χ2v) is 5.52. The highest BCUT2D eigenvalue weighted by Gasteiger charge is 2.10. The van der Waals surface area contributed by atoms with E-state index in [0.29, 0.717) is 5.92 Å². The van der Waals surface area contributed by atoms with Gasteiger partial charge in [-0.15, -0.1) is 0 Å². The van der Waals surface area contributed by atoms with E-state index in [9.17, 15) is 4.79 Å². The summed E-state index contributed by atoms with van der Waals surface area (Å²) < 4.78 is 0. The summed E-state index contributed by atoms with van der Waals surface area (Å²) in [4.78, 5) is 12.1. The Labute approximate surface area is 125 Å². The van der Waals surface area contributed by atoms with Gasteiger partial charge in [0.25, 0.3) is 5.91 Å². The van der Waals surface area contributed by atoms with Gasteiger partial charge in [-0.2, -0.15) is 0 Å². The Hall–Kier alpha value is -0.830. The molecule has 1 rings (SSSR count). The molecule has 106 valence electrons. The number of hydrogen-bond donors (Lipinski definition) is 1. The lowest BCUT2D eigenvalue weighted by Crippen LogP contribution is -2.29. The van der Waals surface area contributed by atoms with Gasteiger partial charge in [0.15, 0.2) is 0 Å². The average Bonchev–Trinajstić information content (AvgIpc) is 2.47. The predicted octanol–water partition coefficient (Wildman–Crippen LogP) is 4.53. The van der Waals surface area contributed by atoms with Crippen LogP contribution in [0.3, 0.4) is 0 Å². The first kappa shape index (κ1) is 16.2. The van der Waals surface area contributed by atoms with Crippen LogP contribution in [0.1, 0.15) is 55.5 Å². The highest BCUT2D eigenvalue weighted by atomic mass is 79.9. The molecule has 0 aliphatic carbocycles. The van der Waals surface area contributed by atoms with Gasteiger partial charge in [0.1, 0.15) is 0 Å². The van der Waals surface area contributed by atoms with E-state index in [1.54, 1.807) is 0 Å². The molecule has 1 aromatic rings. The Morgan fingerprint density at radius 2 is 2.16 bits per heavy atom. The number of hydrogen-bond acceptors (Lipinski definition) is 1. The number of halogens is 1. The molecule has 0 saturated carbocycles. The number of rotatable bonds is 8. The van der Waals surface area contributed by atoms with Crippen LogP contribution in [0.5, 0.6) is 0 Å². The number of nitrogens with one attached hydrogen (secondary N) is 1. The molecule has 1 atom stereocenters. The third-order valence-electron chi connectivity index (χ3n) is 3.44. The number of carbonyl (C=O) groups excluding carboxylic acids is 1. The van der Waals surface area contributed by atoms with Crippen LogP contribution in [0.2, 0.25) is 0 Å². The standard InChI is InChI=1S/C16H24BrNO/c1-3-5-7-13(4-2)12-18-16(19)15-9-6-8-14(10-15)11-17/h6,8-10,13H,3-5,7,11-12H2,1-2H3,(H,18,19). The quantitative estimate of drug-likeness (QED) is 0.699. The fourth-order valence-electron chi connectivity index (χ4n) is 2.08. The van der Waals surface area contributed by atoms with Crippen LogP contribution in [0.4, 0.5) is 0 Å². The second kappa shape index (κ2) is 9.13. The molecule has 0 fully saturated rings. The zero-order valence-corrected chi connectivity index (χ0v) is 13.5. The molecule has 1 amide bonds. The fourth-order valence-corrected chi connectivity index (χ4v) is 2.43. The van der Waals surface area contributed by atoms with Gasteiger partial charge >= 0.3 is 0 Å². The lowest BCUT2D eigenvalue weighted by atomic mass is 9.99. The van der Waals surface area contributed by atoms with Gasteiger partial charge in [0, 0.05) is 17.4 Å². The minimum atomic E-state index is 0.0396. The molecule has 1 aromatic carbocycles. The Kier molecular flexibility index (Phi) is 7.80. The molecule has 19 heavy (non-hydrogen) atoms. The number of carbonyl (C=O) groups is 1. The van der Waals surface area contributed by atoms with Gasteiger partial charge in [-0.05, 0) is 30.0 Å². The van der Waals surface area contributed by atoms with Crippen LogP contribution < -0.4 is 5.32 Å². The molecule has 0 radical (unpaired) electrons. The van der Waals surface area contributed by atoms with E-state index in [0.717, 1.165) is 29.4 Å². The normalized spacial score (nSPS) is 12.2. The van der Waals surface area contributed by atoms with E-state index in [-0.39, 0.29) is 5.91 Å². The molecule has 1 N–H and O–H groups in total. The Balaban J connectivity index is 2.49. The van der Waals surface area contributed by atoms with Crippen LogP contribution in [0.25, 0.3) is 0 Å². The molecular weight excluding hydrogens is 302 g/mol. The SMILES string of the molecule is CCCCC(CC)CNC(=O)c1cccc(CBr)c1. The van der Waals surface area contributed by atoms with Crippen molar-refractivity contribution in [1.29, 1.82) is 0 Å². The third-order valence-corrected chi connectivity index (χ3v) is 4.09. The molecule has 2 nitrogen and oxygen atoms in total. The van der Waals surface area contributed by atoms with Crippen molar-refractivity contribution in [1.82, 2.24) is 5.32 Å². The second-order valence-electron chi connectivity index (χ2n) is 4.96. The smallest absolute Gasteiger partial charge is 0.251 e. The van der Waals surface area contributed by atoms with Crippen molar-refractivity contribution < 1.29 is 4.79 Å². The van der Waals surface area contributed by atoms with Crippen molar-refractivity contribution in [3.8, 4) is 0 Å². The minimum absolute atomic E-state index is 0.0396. The summed E-state index contributed by atoms with van der Waals surface area (Å²) in [5.41, 5.74) is 1.88. The molecular formula is C16H24BrNO. The highest BCUT2D eigenvalue weighted by molar-refractivity contribution is 9.08. The molecule has 0 bridgehead atoms. The summed E-state index contributed by atoms with van der Waals surface area (Å²) in [5, 5.41) is 3.84. The van der Waals surface area contributed by atoms with E-state index in [1.807, 2.05) is 24.3 Å². The Morgan fingerprint density at radius 1 is 1.37 bits per heavy atom. The largest absolute Gasteiger partial charge is 0.352 e. The Morgan fingerprint density at radius 3 is 2.79 bits per heavy atom. The van der Waals surface area contributed by atoms with Crippen molar-refractivity contribution >= 4 is 21.8 Å². The molecule has 0 saturated heterocycles. The zero-order valence-electron chi connectivity index (χ0n) is 11.9. The molecule has 0 aromatic heterocycles. The first-order valence-electron chi connectivity index (χ1n) is 7.14. The highest BCUT2D eigenvalue weighted by Crippen LogP contribution is 2.12. The van der Waals surface area contributed by atoms with Crippen molar-refractivity contribution in [2.24, 2.45) is 5.92 Å². The van der Waals surface area contributed by atoms with Gasteiger partial charge in [0.05, 0.1) is 0 Å². The van der Waals surface area contributed by atoms with Gasteiger partial charge in [-0.1, -0.05) is 61.2 Å². The number of amides is 1. The summed E-state index contributed by atoms with van der Waals surface area (Å²) in [6, 6.07) is 7.76. The summed E-state index contributed by atoms with van der Waals surface area (Å²) in [6.07, 6.45) is 4.79. The molecule has 3 heteroatoms. The van der Waals surface area contributed by atoms with Gasteiger partial charge in [-0.25, -0.2) is 0 Å². The minimum Gasteiger partial charge on any atom is -0.352 e. The van der Waals surface area contributed by atoms with E-state index >= 15 is 0 Å². The summed E-state index contributed by atoms with van der Waals surface area (Å²) >= 11 is 3.41. The summed E-state index contributed by atoms with van der Waals surface area (Å²) in [5.74, 6) is 0.640. The number of alkyl halides is 1. The molecule has 0 heterocycles. The molecule has 0 aliphatic rings. The predicted molar refractivity (Wildman–Crippen MR) is 84.7 cm³/mol. The van der Waals surface area contributed by atoms with Gasteiger partial charge < -0.3 is 5.32 Å². The van der Waals surface area contributed by atoms with Crippen molar-refractivity contribution in [3.05, 3.63) is 35.4 Å². The maximum Gasteiger partial charge on any atom is 0.251 e. The van der Waals surface area contributed by atoms with E-state index < -0.39 is 0 Å². The average molecular weight is 326 g/mol. The topological polar surface area (TPSA) is 29.1 Å². The van der Waals surface area contributed by atoms with E-state index in [2.05, 4.69) is 35.1 Å².